The first-order valence-corrected chi connectivity index (χ1v) is 10.8. The zero-order valence-electron chi connectivity index (χ0n) is 17.5. The zero-order chi connectivity index (χ0) is 22.3. The van der Waals surface area contributed by atoms with Crippen molar-refractivity contribution in [2.45, 2.75) is 38.8 Å². The van der Waals surface area contributed by atoms with E-state index in [9.17, 15) is 14.4 Å². The lowest BCUT2D eigenvalue weighted by Gasteiger charge is -2.20. The van der Waals surface area contributed by atoms with Crippen molar-refractivity contribution in [3.63, 3.8) is 0 Å². The summed E-state index contributed by atoms with van der Waals surface area (Å²) in [6, 6.07) is 8.30. The van der Waals surface area contributed by atoms with Gasteiger partial charge in [0.15, 0.2) is 5.70 Å². The molecule has 2 aromatic rings. The largest absolute Gasteiger partial charge is 0.455 e. The van der Waals surface area contributed by atoms with Crippen LogP contribution in [-0.2, 0) is 14.3 Å². The first kappa shape index (κ1) is 23.5. The molecule has 0 unspecified atom stereocenters. The molecule has 0 aliphatic carbocycles. The Morgan fingerprint density at radius 3 is 2.57 bits per heavy atom. The lowest BCUT2D eigenvalue weighted by atomic mass is 10.2. The van der Waals surface area contributed by atoms with Crippen LogP contribution in [0.1, 0.15) is 32.8 Å². The van der Waals surface area contributed by atoms with Crippen LogP contribution in [-0.4, -0.2) is 40.5 Å². The molecule has 0 radical (unpaired) electrons. The van der Waals surface area contributed by atoms with Gasteiger partial charge in [0.25, 0.3) is 0 Å². The van der Waals surface area contributed by atoms with Crippen molar-refractivity contribution in [3.05, 3.63) is 57.2 Å². The zero-order valence-corrected chi connectivity index (χ0v) is 18.3. The highest BCUT2D eigenvalue weighted by molar-refractivity contribution is 7.98. The fourth-order valence-corrected chi connectivity index (χ4v) is 2.88. The lowest BCUT2D eigenvalue weighted by molar-refractivity contribution is -0.148. The van der Waals surface area contributed by atoms with Gasteiger partial charge in [0, 0.05) is 0 Å². The van der Waals surface area contributed by atoms with Crippen LogP contribution in [0.5, 0.6) is 0 Å². The van der Waals surface area contributed by atoms with Crippen LogP contribution in [0.3, 0.4) is 0 Å². The van der Waals surface area contributed by atoms with Gasteiger partial charge in [-0.15, -0.1) is 0 Å². The molecule has 0 spiro atoms. The summed E-state index contributed by atoms with van der Waals surface area (Å²) in [4.78, 5) is 40.2. The summed E-state index contributed by atoms with van der Waals surface area (Å²) in [6.07, 6.45) is 3.91. The van der Waals surface area contributed by atoms with E-state index in [4.69, 9.17) is 14.9 Å². The maximum atomic E-state index is 12.7. The third-order valence-electron chi connectivity index (χ3n) is 3.82. The fraction of sp³-hybridized carbons (Fsp3) is 0.381. The summed E-state index contributed by atoms with van der Waals surface area (Å²) in [6.45, 7) is 5.07. The van der Waals surface area contributed by atoms with E-state index in [2.05, 4.69) is 10.3 Å². The highest BCUT2D eigenvalue weighted by atomic mass is 32.2. The summed E-state index contributed by atoms with van der Waals surface area (Å²) in [5, 5.41) is 2.58. The van der Waals surface area contributed by atoms with Crippen LogP contribution in [0.2, 0.25) is 0 Å². The predicted octanol–water partition coefficient (Wildman–Crippen LogP) is 0.443. The summed E-state index contributed by atoms with van der Waals surface area (Å²) in [5.74, 6) is -0.732. The van der Waals surface area contributed by atoms with Gasteiger partial charge in [0.05, 0.1) is 6.04 Å². The molecule has 4 N–H and O–H groups in total. The molecule has 1 aromatic heterocycles. The number of oxazole rings is 1. The Morgan fingerprint density at radius 1 is 1.30 bits per heavy atom. The van der Waals surface area contributed by atoms with Gasteiger partial charge in [-0.05, 0) is 50.8 Å². The molecule has 1 atom stereocenters. The fourth-order valence-electron chi connectivity index (χ4n) is 2.39. The number of amides is 1. The van der Waals surface area contributed by atoms with Gasteiger partial charge in [0.2, 0.25) is 11.5 Å². The molecule has 30 heavy (non-hydrogen) atoms. The lowest BCUT2D eigenvalue weighted by Crippen LogP contribution is -2.44. The average molecular weight is 434 g/mol. The van der Waals surface area contributed by atoms with Gasteiger partial charge in [-0.25, -0.2) is 9.59 Å². The van der Waals surface area contributed by atoms with Crippen LogP contribution in [0.15, 0.2) is 39.5 Å². The Labute approximate surface area is 178 Å². The number of hydrogen-bond acceptors (Lipinski definition) is 7. The van der Waals surface area contributed by atoms with Gasteiger partial charge in [0.1, 0.15) is 11.0 Å². The number of benzene rings is 1. The van der Waals surface area contributed by atoms with E-state index in [1.54, 1.807) is 38.6 Å². The van der Waals surface area contributed by atoms with Crippen molar-refractivity contribution in [2.24, 2.45) is 5.73 Å². The van der Waals surface area contributed by atoms with Gasteiger partial charge in [-0.1, -0.05) is 30.3 Å². The number of nitrogens with one attached hydrogen (secondary N) is 2. The van der Waals surface area contributed by atoms with Gasteiger partial charge in [-0.2, -0.15) is 11.8 Å². The predicted molar refractivity (Wildman–Crippen MR) is 117 cm³/mol. The highest BCUT2D eigenvalue weighted by Gasteiger charge is 2.26. The monoisotopic (exact) mass is 433 g/mol. The molecule has 0 aliphatic heterocycles. The number of aromatic amines is 1. The number of carbonyl (C=O) groups is 2. The number of hydrogen-bond donors (Lipinski definition) is 3. The van der Waals surface area contributed by atoms with Gasteiger partial charge < -0.3 is 25.2 Å². The molecule has 9 heteroatoms. The molecule has 1 heterocycles. The van der Waals surface area contributed by atoms with Crippen LogP contribution in [0.4, 0.5) is 0 Å². The number of H-pyrrole nitrogens is 1. The normalized spacial score (nSPS) is 14.2. The van der Waals surface area contributed by atoms with Crippen molar-refractivity contribution >= 4 is 35.4 Å². The van der Waals surface area contributed by atoms with E-state index in [1.807, 2.05) is 36.6 Å². The van der Waals surface area contributed by atoms with E-state index in [0.29, 0.717) is 12.2 Å². The second kappa shape index (κ2) is 10.3. The topological polar surface area (TPSA) is 127 Å². The van der Waals surface area contributed by atoms with E-state index < -0.39 is 29.1 Å². The van der Waals surface area contributed by atoms with Gasteiger partial charge >= 0.3 is 11.6 Å². The second-order valence-electron chi connectivity index (χ2n) is 7.57. The van der Waals surface area contributed by atoms with Gasteiger partial charge in [-0.3, -0.25) is 4.79 Å². The molecule has 1 aromatic carbocycles. The minimum absolute atomic E-state index is 0.123. The number of rotatable bonds is 7. The third kappa shape index (κ3) is 6.93. The first-order chi connectivity index (χ1) is 14.1. The van der Waals surface area contributed by atoms with Crippen molar-refractivity contribution in [2.75, 3.05) is 12.0 Å². The SMILES string of the molecule is CSCC[C@H](N)C(=O)NC(C(=O)OC(C)(C)C)=c1[nH]c(=Cc2ccccc2)c(=O)o1. The van der Waals surface area contributed by atoms with Crippen LogP contribution >= 0.6 is 11.8 Å². The number of aromatic nitrogens is 1. The molecular formula is C21H27N3O5S. The van der Waals surface area contributed by atoms with Crippen molar-refractivity contribution in [1.29, 1.82) is 0 Å². The molecule has 0 saturated carbocycles. The molecule has 0 bridgehead atoms. The smallest absolute Gasteiger partial charge is 0.361 e. The molecule has 0 aliphatic rings. The Kier molecular flexibility index (Phi) is 8.08. The molecule has 0 saturated heterocycles. The number of nitrogens with two attached hydrogens (primary N) is 1. The number of esters is 1. The van der Waals surface area contributed by atoms with E-state index in [-0.39, 0.29) is 16.6 Å². The van der Waals surface area contributed by atoms with E-state index in [0.717, 1.165) is 5.56 Å². The molecule has 0 fully saturated rings. The minimum Gasteiger partial charge on any atom is -0.455 e. The number of carbonyl (C=O) groups excluding carboxylic acids is 2. The molecule has 8 nitrogen and oxygen atoms in total. The molecule has 2 rings (SSSR count). The summed E-state index contributed by atoms with van der Waals surface area (Å²) in [7, 11) is 0. The standard InChI is InChI=1S/C21H27N3O5S/c1-21(2,3)29-20(27)16(24-17(25)14(22)10-11-30-4)18-23-15(19(26)28-18)12-13-8-6-5-7-9-13/h5-9,12,14,23H,10-11,22H2,1-4H3,(H,24,25)/t14-/m0/s1. The Morgan fingerprint density at radius 2 is 1.97 bits per heavy atom. The quantitative estimate of drug-likeness (QED) is 0.541. The maximum Gasteiger partial charge on any atom is 0.361 e. The molecule has 162 valence electrons. The highest BCUT2D eigenvalue weighted by Crippen LogP contribution is 2.10. The minimum atomic E-state index is -0.843. The van der Waals surface area contributed by atoms with Crippen molar-refractivity contribution < 1.29 is 18.7 Å². The second-order valence-corrected chi connectivity index (χ2v) is 8.55. The van der Waals surface area contributed by atoms with Crippen molar-refractivity contribution in [1.82, 2.24) is 10.3 Å². The van der Waals surface area contributed by atoms with Crippen molar-refractivity contribution in [3.8, 4) is 0 Å². The number of thioether (sulfide) groups is 1. The summed E-state index contributed by atoms with van der Waals surface area (Å²) < 4.78 is 10.6. The maximum absolute atomic E-state index is 12.7. The molecule has 1 amide bonds. The van der Waals surface area contributed by atoms with Crippen LogP contribution in [0.25, 0.3) is 11.8 Å². The van der Waals surface area contributed by atoms with E-state index >= 15 is 0 Å². The van der Waals surface area contributed by atoms with Crippen LogP contribution < -0.4 is 27.6 Å². The van der Waals surface area contributed by atoms with Crippen LogP contribution in [0, 0.1) is 0 Å². The first-order valence-electron chi connectivity index (χ1n) is 9.39. The van der Waals surface area contributed by atoms with E-state index in [1.165, 1.54) is 0 Å². The Balaban J connectivity index is 2.50. The third-order valence-corrected chi connectivity index (χ3v) is 4.47. The Bertz CT molecular complexity index is 1050. The summed E-state index contributed by atoms with van der Waals surface area (Å²) in [5.41, 5.74) is 4.64. The molecular weight excluding hydrogens is 406 g/mol. The Hall–Kier alpha value is -2.78. The number of ether oxygens (including phenoxy) is 1. The average Bonchev–Trinajstić information content (AvgIpc) is 3.03. The summed E-state index contributed by atoms with van der Waals surface area (Å²) >= 11 is 1.55.